The maximum atomic E-state index is 12.5. The predicted molar refractivity (Wildman–Crippen MR) is 71.5 cm³/mol. The Morgan fingerprint density at radius 3 is 2.78 bits per heavy atom. The van der Waals surface area contributed by atoms with Crippen LogP contribution in [0.25, 0.3) is 0 Å². The van der Waals surface area contributed by atoms with Gasteiger partial charge in [0.15, 0.2) is 0 Å². The minimum absolute atomic E-state index is 0.0131. The molecule has 1 aromatic carbocycles. The fraction of sp³-hybridized carbons (Fsp3) is 0.500. The number of rotatable bonds is 1. The highest BCUT2D eigenvalue weighted by molar-refractivity contribution is 5.99. The summed E-state index contributed by atoms with van der Waals surface area (Å²) in [7, 11) is 0. The number of amides is 1. The molecule has 0 radical (unpaired) electrons. The molecule has 1 saturated heterocycles. The van der Waals surface area contributed by atoms with Crippen LogP contribution in [0.15, 0.2) is 18.2 Å². The second-order valence-corrected chi connectivity index (χ2v) is 5.41. The van der Waals surface area contributed by atoms with Crippen LogP contribution in [-0.4, -0.2) is 36.1 Å². The van der Waals surface area contributed by atoms with E-state index in [2.05, 4.69) is 0 Å². The highest BCUT2D eigenvalue weighted by Crippen LogP contribution is 2.24. The number of hydrogen-bond donors (Lipinski definition) is 1. The highest BCUT2D eigenvalue weighted by atomic mass is 16.5. The Hall–Kier alpha value is -1.55. The third-order valence-electron chi connectivity index (χ3n) is 3.33. The van der Waals surface area contributed by atoms with Gasteiger partial charge in [-0.2, -0.15) is 0 Å². The van der Waals surface area contributed by atoms with E-state index in [-0.39, 0.29) is 11.4 Å². The minimum Gasteiger partial charge on any atom is -0.398 e. The summed E-state index contributed by atoms with van der Waals surface area (Å²) in [5.41, 5.74) is 7.84. The molecule has 0 unspecified atom stereocenters. The molecule has 0 saturated carbocycles. The molecule has 0 bridgehead atoms. The molecule has 1 fully saturated rings. The van der Waals surface area contributed by atoms with E-state index in [0.717, 1.165) is 5.56 Å². The molecular formula is C14H20N2O2. The van der Waals surface area contributed by atoms with E-state index in [1.807, 2.05) is 37.8 Å². The van der Waals surface area contributed by atoms with Crippen molar-refractivity contribution < 1.29 is 9.53 Å². The van der Waals surface area contributed by atoms with Crippen molar-refractivity contribution in [1.82, 2.24) is 4.90 Å². The lowest BCUT2D eigenvalue weighted by Crippen LogP contribution is -2.55. The van der Waals surface area contributed by atoms with E-state index in [4.69, 9.17) is 10.5 Å². The number of nitrogens with two attached hydrogens (primary N) is 1. The molecule has 4 nitrogen and oxygen atoms in total. The molecule has 98 valence electrons. The Kier molecular flexibility index (Phi) is 3.30. The predicted octanol–water partition coefficient (Wildman–Crippen LogP) is 1.83. The Morgan fingerprint density at radius 2 is 2.17 bits per heavy atom. The Bertz CT molecular complexity index is 469. The van der Waals surface area contributed by atoms with Crippen LogP contribution in [0.1, 0.15) is 29.8 Å². The van der Waals surface area contributed by atoms with Crippen molar-refractivity contribution in [2.75, 3.05) is 25.5 Å². The van der Waals surface area contributed by atoms with E-state index in [0.29, 0.717) is 31.0 Å². The molecule has 1 amide bonds. The minimum atomic E-state index is -0.285. The van der Waals surface area contributed by atoms with Crippen LogP contribution in [-0.2, 0) is 4.74 Å². The van der Waals surface area contributed by atoms with E-state index in [1.165, 1.54) is 0 Å². The first kappa shape index (κ1) is 12.9. The van der Waals surface area contributed by atoms with Gasteiger partial charge in [-0.15, -0.1) is 0 Å². The number of carbonyl (C=O) groups excluding carboxylic acids is 1. The maximum Gasteiger partial charge on any atom is 0.256 e. The summed E-state index contributed by atoms with van der Waals surface area (Å²) in [6.07, 6.45) is 0. The fourth-order valence-electron chi connectivity index (χ4n) is 2.26. The molecule has 1 aromatic rings. The molecule has 1 aliphatic rings. The first-order valence-corrected chi connectivity index (χ1v) is 6.18. The Labute approximate surface area is 108 Å². The number of anilines is 1. The Balaban J connectivity index is 2.30. The van der Waals surface area contributed by atoms with Gasteiger partial charge in [0.1, 0.15) is 0 Å². The van der Waals surface area contributed by atoms with Gasteiger partial charge in [-0.05, 0) is 38.5 Å². The van der Waals surface area contributed by atoms with Crippen LogP contribution in [0.5, 0.6) is 0 Å². The van der Waals surface area contributed by atoms with Gasteiger partial charge in [-0.3, -0.25) is 4.79 Å². The van der Waals surface area contributed by atoms with Crippen molar-refractivity contribution in [3.05, 3.63) is 29.3 Å². The van der Waals surface area contributed by atoms with Crippen molar-refractivity contribution in [2.24, 2.45) is 0 Å². The van der Waals surface area contributed by atoms with E-state index < -0.39 is 0 Å². The monoisotopic (exact) mass is 248 g/mol. The molecule has 0 aromatic heterocycles. The number of aryl methyl sites for hydroxylation is 1. The first-order valence-electron chi connectivity index (χ1n) is 6.18. The molecule has 1 heterocycles. The van der Waals surface area contributed by atoms with Crippen LogP contribution in [0.3, 0.4) is 0 Å². The van der Waals surface area contributed by atoms with Gasteiger partial charge in [0, 0.05) is 12.2 Å². The number of benzene rings is 1. The average molecular weight is 248 g/mol. The van der Waals surface area contributed by atoms with E-state index in [1.54, 1.807) is 6.07 Å². The lowest BCUT2D eigenvalue weighted by atomic mass is 10.00. The Morgan fingerprint density at radius 1 is 1.44 bits per heavy atom. The van der Waals surface area contributed by atoms with Crippen LogP contribution >= 0.6 is 0 Å². The number of morpholine rings is 1. The van der Waals surface area contributed by atoms with Crippen LogP contribution in [0, 0.1) is 6.92 Å². The zero-order chi connectivity index (χ0) is 13.3. The number of carbonyl (C=O) groups is 1. The summed E-state index contributed by atoms with van der Waals surface area (Å²) in [6.45, 7) is 7.73. The summed E-state index contributed by atoms with van der Waals surface area (Å²) in [6, 6.07) is 5.55. The van der Waals surface area contributed by atoms with Crippen LogP contribution < -0.4 is 5.73 Å². The third kappa shape index (κ3) is 2.34. The zero-order valence-corrected chi connectivity index (χ0v) is 11.2. The molecule has 2 N–H and O–H groups in total. The van der Waals surface area contributed by atoms with Crippen molar-refractivity contribution in [3.63, 3.8) is 0 Å². The number of nitrogen functional groups attached to an aromatic ring is 1. The van der Waals surface area contributed by atoms with E-state index in [9.17, 15) is 4.79 Å². The smallest absolute Gasteiger partial charge is 0.256 e. The van der Waals surface area contributed by atoms with Gasteiger partial charge in [0.25, 0.3) is 5.91 Å². The van der Waals surface area contributed by atoms with Gasteiger partial charge in [-0.1, -0.05) is 6.07 Å². The number of hydrogen-bond acceptors (Lipinski definition) is 3. The fourth-order valence-corrected chi connectivity index (χ4v) is 2.26. The standard InChI is InChI=1S/C14H20N2O2/c1-10-4-5-11(12(15)8-10)13(17)16-6-7-18-9-14(16,2)3/h4-5,8H,6-7,9,15H2,1-3H3. The molecule has 0 atom stereocenters. The summed E-state index contributed by atoms with van der Waals surface area (Å²) in [5.74, 6) is -0.0131. The van der Waals surface area contributed by atoms with Crippen molar-refractivity contribution in [1.29, 1.82) is 0 Å². The third-order valence-corrected chi connectivity index (χ3v) is 3.33. The van der Waals surface area contributed by atoms with Crippen molar-refractivity contribution in [2.45, 2.75) is 26.3 Å². The quantitative estimate of drug-likeness (QED) is 0.771. The molecular weight excluding hydrogens is 228 g/mol. The summed E-state index contributed by atoms with van der Waals surface area (Å²) >= 11 is 0. The molecule has 0 spiro atoms. The zero-order valence-electron chi connectivity index (χ0n) is 11.2. The lowest BCUT2D eigenvalue weighted by Gasteiger charge is -2.42. The molecule has 4 heteroatoms. The second kappa shape index (κ2) is 4.61. The molecule has 1 aliphatic heterocycles. The van der Waals surface area contributed by atoms with Crippen molar-refractivity contribution in [3.8, 4) is 0 Å². The average Bonchev–Trinajstić information content (AvgIpc) is 2.27. The first-order chi connectivity index (χ1) is 8.42. The van der Waals surface area contributed by atoms with Gasteiger partial charge < -0.3 is 15.4 Å². The van der Waals surface area contributed by atoms with Crippen LogP contribution in [0.4, 0.5) is 5.69 Å². The lowest BCUT2D eigenvalue weighted by molar-refractivity contribution is -0.0370. The second-order valence-electron chi connectivity index (χ2n) is 5.41. The highest BCUT2D eigenvalue weighted by Gasteiger charge is 2.35. The van der Waals surface area contributed by atoms with E-state index >= 15 is 0 Å². The van der Waals surface area contributed by atoms with Crippen LogP contribution in [0.2, 0.25) is 0 Å². The molecule has 0 aliphatic carbocycles. The van der Waals surface area contributed by atoms with Crippen molar-refractivity contribution >= 4 is 11.6 Å². The SMILES string of the molecule is Cc1ccc(C(=O)N2CCOCC2(C)C)c(N)c1. The van der Waals surface area contributed by atoms with Gasteiger partial charge >= 0.3 is 0 Å². The molecule has 18 heavy (non-hydrogen) atoms. The maximum absolute atomic E-state index is 12.5. The summed E-state index contributed by atoms with van der Waals surface area (Å²) in [4.78, 5) is 14.4. The summed E-state index contributed by atoms with van der Waals surface area (Å²) < 4.78 is 5.43. The number of nitrogens with zero attached hydrogens (tertiary/aromatic N) is 1. The molecule has 2 rings (SSSR count). The topological polar surface area (TPSA) is 55.6 Å². The number of ether oxygens (including phenoxy) is 1. The normalized spacial score (nSPS) is 18.7. The van der Waals surface area contributed by atoms with Gasteiger partial charge in [0.05, 0.1) is 24.3 Å². The largest absolute Gasteiger partial charge is 0.398 e. The van der Waals surface area contributed by atoms with Gasteiger partial charge in [0.2, 0.25) is 0 Å². The summed E-state index contributed by atoms with van der Waals surface area (Å²) in [5, 5.41) is 0. The van der Waals surface area contributed by atoms with Gasteiger partial charge in [-0.25, -0.2) is 0 Å².